The van der Waals surface area contributed by atoms with Gasteiger partial charge in [0.15, 0.2) is 6.61 Å². The minimum absolute atomic E-state index is 0.00281. The summed E-state index contributed by atoms with van der Waals surface area (Å²) in [5.41, 5.74) is 2.79. The molecule has 0 aromatic heterocycles. The summed E-state index contributed by atoms with van der Waals surface area (Å²) < 4.78 is 4.95. The van der Waals surface area contributed by atoms with Crippen molar-refractivity contribution < 1.29 is 19.1 Å². The maximum absolute atomic E-state index is 11.9. The number of esters is 1. The third kappa shape index (κ3) is 7.84. The summed E-state index contributed by atoms with van der Waals surface area (Å²) in [6.45, 7) is 3.49. The average molecular weight is 400 g/mol. The molecule has 7 heteroatoms. The minimum atomic E-state index is -0.532. The van der Waals surface area contributed by atoms with Crippen LogP contribution in [0, 0.1) is 6.92 Å². The molecule has 0 spiro atoms. The molecule has 0 aliphatic carbocycles. The molecule has 2 aromatic rings. The Morgan fingerprint density at radius 1 is 0.964 bits per heavy atom. The lowest BCUT2D eigenvalue weighted by molar-refractivity contribution is -0.146. The van der Waals surface area contributed by atoms with E-state index >= 15 is 0 Å². The van der Waals surface area contributed by atoms with Crippen molar-refractivity contribution in [3.8, 4) is 0 Å². The van der Waals surface area contributed by atoms with E-state index in [0.717, 1.165) is 22.9 Å². The van der Waals surface area contributed by atoms with Gasteiger partial charge in [-0.2, -0.15) is 0 Å². The van der Waals surface area contributed by atoms with Crippen molar-refractivity contribution in [2.24, 2.45) is 0 Å². The molecular weight excluding hydrogens is 376 g/mol. The first-order valence-corrected chi connectivity index (χ1v) is 10.0. The van der Waals surface area contributed by atoms with Gasteiger partial charge in [0.05, 0.1) is 17.5 Å². The van der Waals surface area contributed by atoms with Crippen LogP contribution in [0.1, 0.15) is 24.1 Å². The van der Waals surface area contributed by atoms with Crippen LogP contribution in [0.3, 0.4) is 0 Å². The van der Waals surface area contributed by atoms with E-state index in [9.17, 15) is 14.4 Å². The summed E-state index contributed by atoms with van der Waals surface area (Å²) in [4.78, 5) is 35.5. The first-order chi connectivity index (χ1) is 13.4. The molecule has 28 heavy (non-hydrogen) atoms. The van der Waals surface area contributed by atoms with Crippen LogP contribution in [0.2, 0.25) is 0 Å². The van der Waals surface area contributed by atoms with E-state index in [0.29, 0.717) is 5.69 Å². The van der Waals surface area contributed by atoms with Gasteiger partial charge in [-0.3, -0.25) is 14.4 Å². The van der Waals surface area contributed by atoms with Gasteiger partial charge < -0.3 is 15.4 Å². The number of aryl methyl sites for hydroxylation is 1. The van der Waals surface area contributed by atoms with E-state index in [1.165, 1.54) is 0 Å². The van der Waals surface area contributed by atoms with Gasteiger partial charge in [0.25, 0.3) is 5.91 Å². The number of carbonyl (C=O) groups excluding carboxylic acids is 3. The molecule has 0 saturated heterocycles. The molecule has 1 atom stereocenters. The number of ether oxygens (including phenoxy) is 1. The maximum atomic E-state index is 11.9. The topological polar surface area (TPSA) is 84.5 Å². The molecule has 0 aliphatic rings. The standard InChI is InChI=1S/C21H24N2O4S/c1-15-8-10-18(11-9-15)23-20(25)13-28-14-21(26)27-12-19(24)22-16(2)17-6-4-3-5-7-17/h3-11,16H,12-14H2,1-2H3,(H,22,24)(H,23,25)/t16-/m1/s1. The van der Waals surface area contributed by atoms with E-state index < -0.39 is 5.97 Å². The normalized spacial score (nSPS) is 11.4. The van der Waals surface area contributed by atoms with E-state index in [2.05, 4.69) is 10.6 Å². The average Bonchev–Trinajstić information content (AvgIpc) is 2.69. The predicted molar refractivity (Wildman–Crippen MR) is 111 cm³/mol. The third-order valence-corrected chi connectivity index (χ3v) is 4.74. The van der Waals surface area contributed by atoms with Crippen molar-refractivity contribution in [1.82, 2.24) is 5.32 Å². The third-order valence-electron chi connectivity index (χ3n) is 3.83. The van der Waals surface area contributed by atoms with Crippen LogP contribution in [0.4, 0.5) is 5.69 Å². The van der Waals surface area contributed by atoms with Gasteiger partial charge in [-0.05, 0) is 31.5 Å². The Morgan fingerprint density at radius 3 is 2.32 bits per heavy atom. The van der Waals surface area contributed by atoms with Gasteiger partial charge in [0.2, 0.25) is 5.91 Å². The second kappa shape index (κ2) is 11.1. The van der Waals surface area contributed by atoms with Crippen molar-refractivity contribution in [3.63, 3.8) is 0 Å². The number of benzene rings is 2. The summed E-state index contributed by atoms with van der Waals surface area (Å²) in [6.07, 6.45) is 0. The van der Waals surface area contributed by atoms with E-state index in [-0.39, 0.29) is 36.0 Å². The fourth-order valence-corrected chi connectivity index (χ4v) is 2.97. The van der Waals surface area contributed by atoms with Crippen molar-refractivity contribution in [3.05, 3.63) is 65.7 Å². The van der Waals surface area contributed by atoms with Gasteiger partial charge >= 0.3 is 5.97 Å². The maximum Gasteiger partial charge on any atom is 0.316 e. The molecule has 0 radical (unpaired) electrons. The van der Waals surface area contributed by atoms with Crippen LogP contribution in [-0.4, -0.2) is 35.9 Å². The molecule has 148 valence electrons. The smallest absolute Gasteiger partial charge is 0.316 e. The lowest BCUT2D eigenvalue weighted by Crippen LogP contribution is -2.31. The van der Waals surface area contributed by atoms with E-state index in [1.807, 2.05) is 68.4 Å². The number of hydrogen-bond donors (Lipinski definition) is 2. The number of anilines is 1. The SMILES string of the molecule is Cc1ccc(NC(=O)CSCC(=O)OCC(=O)N[C@H](C)c2ccccc2)cc1. The van der Waals surface area contributed by atoms with Crippen LogP contribution in [0.5, 0.6) is 0 Å². The Hall–Kier alpha value is -2.80. The van der Waals surface area contributed by atoms with Crippen molar-refractivity contribution in [2.75, 3.05) is 23.4 Å². The fourth-order valence-electron chi connectivity index (χ4n) is 2.36. The monoisotopic (exact) mass is 400 g/mol. The number of rotatable bonds is 9. The molecule has 2 rings (SSSR count). The van der Waals surface area contributed by atoms with Crippen LogP contribution in [0.25, 0.3) is 0 Å². The summed E-state index contributed by atoms with van der Waals surface area (Å²) >= 11 is 1.14. The van der Waals surface area contributed by atoms with Crippen molar-refractivity contribution in [1.29, 1.82) is 0 Å². The molecule has 0 saturated carbocycles. The van der Waals surface area contributed by atoms with Gasteiger partial charge in [-0.1, -0.05) is 48.0 Å². The second-order valence-corrected chi connectivity index (χ2v) is 7.25. The molecule has 2 amide bonds. The molecule has 2 aromatic carbocycles. The highest BCUT2D eigenvalue weighted by Crippen LogP contribution is 2.11. The Bertz CT molecular complexity index is 794. The number of hydrogen-bond acceptors (Lipinski definition) is 5. The predicted octanol–water partition coefficient (Wildman–Crippen LogP) is 3.09. The summed E-state index contributed by atoms with van der Waals surface area (Å²) in [5.74, 6) is -0.971. The molecule has 0 heterocycles. The van der Waals surface area contributed by atoms with Crippen molar-refractivity contribution >= 4 is 35.2 Å². The Labute approximate surface area is 169 Å². The Kier molecular flexibility index (Phi) is 8.55. The van der Waals surface area contributed by atoms with E-state index in [1.54, 1.807) is 0 Å². The highest BCUT2D eigenvalue weighted by Gasteiger charge is 2.12. The van der Waals surface area contributed by atoms with Gasteiger partial charge in [-0.15, -0.1) is 11.8 Å². The van der Waals surface area contributed by atoms with Crippen LogP contribution >= 0.6 is 11.8 Å². The summed E-state index contributed by atoms with van der Waals surface area (Å²) in [5, 5.41) is 5.52. The highest BCUT2D eigenvalue weighted by molar-refractivity contribution is 8.00. The first-order valence-electron chi connectivity index (χ1n) is 8.88. The zero-order chi connectivity index (χ0) is 20.4. The molecule has 2 N–H and O–H groups in total. The molecule has 0 bridgehead atoms. The largest absolute Gasteiger partial charge is 0.455 e. The summed E-state index contributed by atoms with van der Waals surface area (Å²) in [7, 11) is 0. The van der Waals surface area contributed by atoms with Crippen LogP contribution < -0.4 is 10.6 Å². The fraction of sp³-hybridized carbons (Fsp3) is 0.286. The van der Waals surface area contributed by atoms with Gasteiger partial charge in [0.1, 0.15) is 0 Å². The molecule has 0 unspecified atom stereocenters. The Morgan fingerprint density at radius 2 is 1.64 bits per heavy atom. The Balaban J connectivity index is 1.61. The quantitative estimate of drug-likeness (QED) is 0.632. The number of nitrogens with one attached hydrogen (secondary N) is 2. The zero-order valence-electron chi connectivity index (χ0n) is 15.9. The lowest BCUT2D eigenvalue weighted by atomic mass is 10.1. The van der Waals surface area contributed by atoms with Gasteiger partial charge in [0, 0.05) is 5.69 Å². The second-order valence-electron chi connectivity index (χ2n) is 6.27. The minimum Gasteiger partial charge on any atom is -0.455 e. The number of amides is 2. The van der Waals surface area contributed by atoms with Crippen molar-refractivity contribution in [2.45, 2.75) is 19.9 Å². The molecule has 0 aliphatic heterocycles. The van der Waals surface area contributed by atoms with E-state index in [4.69, 9.17) is 4.74 Å². The van der Waals surface area contributed by atoms with Gasteiger partial charge in [-0.25, -0.2) is 0 Å². The number of thioether (sulfide) groups is 1. The highest BCUT2D eigenvalue weighted by atomic mass is 32.2. The summed E-state index contributed by atoms with van der Waals surface area (Å²) in [6, 6.07) is 16.8. The molecule has 6 nitrogen and oxygen atoms in total. The number of carbonyl (C=O) groups is 3. The molecular formula is C21H24N2O4S. The van der Waals surface area contributed by atoms with Crippen LogP contribution in [-0.2, 0) is 19.1 Å². The first kappa shape index (κ1) is 21.5. The zero-order valence-corrected chi connectivity index (χ0v) is 16.8. The molecule has 0 fully saturated rings. The van der Waals surface area contributed by atoms with Crippen LogP contribution in [0.15, 0.2) is 54.6 Å². The lowest BCUT2D eigenvalue weighted by Gasteiger charge is -2.14.